The van der Waals surface area contributed by atoms with Crippen LogP contribution in [0, 0.1) is 0 Å². The summed E-state index contributed by atoms with van der Waals surface area (Å²) in [5.41, 5.74) is 1.41. The summed E-state index contributed by atoms with van der Waals surface area (Å²) in [5.74, 6) is -0.0810. The Hall–Kier alpha value is -1.95. The van der Waals surface area contributed by atoms with Gasteiger partial charge < -0.3 is 10.6 Å². The van der Waals surface area contributed by atoms with Gasteiger partial charge in [0.2, 0.25) is 0 Å². The highest BCUT2D eigenvalue weighted by Crippen LogP contribution is 2.13. The zero-order valence-electron chi connectivity index (χ0n) is 11.4. The van der Waals surface area contributed by atoms with Gasteiger partial charge >= 0.3 is 0 Å². The largest absolute Gasteiger partial charge is 0.383 e. The third kappa shape index (κ3) is 4.03. The highest BCUT2D eigenvalue weighted by Gasteiger charge is 2.10. The van der Waals surface area contributed by atoms with Crippen molar-refractivity contribution in [2.45, 2.75) is 19.8 Å². The van der Waals surface area contributed by atoms with Crippen LogP contribution in [0.15, 0.2) is 30.0 Å². The fourth-order valence-electron chi connectivity index (χ4n) is 1.75. The SMILES string of the molecule is CCCNc1cnccc1C(=O)NCCc1nccs1. The third-order valence-electron chi connectivity index (χ3n) is 2.74. The average molecular weight is 290 g/mol. The van der Waals surface area contributed by atoms with Gasteiger partial charge in [0.15, 0.2) is 0 Å². The molecule has 0 aliphatic heterocycles. The number of aromatic nitrogens is 2. The number of nitrogens with one attached hydrogen (secondary N) is 2. The lowest BCUT2D eigenvalue weighted by atomic mass is 10.2. The summed E-state index contributed by atoms with van der Waals surface area (Å²) in [6, 6.07) is 1.73. The summed E-state index contributed by atoms with van der Waals surface area (Å²) in [5, 5.41) is 9.10. The second-order valence-electron chi connectivity index (χ2n) is 4.28. The molecule has 1 amide bonds. The first kappa shape index (κ1) is 14.5. The van der Waals surface area contributed by atoms with Gasteiger partial charge in [-0.1, -0.05) is 6.92 Å². The fourth-order valence-corrected chi connectivity index (χ4v) is 2.37. The van der Waals surface area contributed by atoms with Gasteiger partial charge in [0.05, 0.1) is 22.5 Å². The highest BCUT2D eigenvalue weighted by atomic mass is 32.1. The van der Waals surface area contributed by atoms with Gasteiger partial charge in [0.1, 0.15) is 0 Å². The van der Waals surface area contributed by atoms with Gasteiger partial charge in [0.25, 0.3) is 5.91 Å². The lowest BCUT2D eigenvalue weighted by molar-refractivity contribution is 0.0955. The molecule has 20 heavy (non-hydrogen) atoms. The first-order valence-electron chi connectivity index (χ1n) is 6.65. The van der Waals surface area contributed by atoms with Crippen LogP contribution >= 0.6 is 11.3 Å². The van der Waals surface area contributed by atoms with Crippen LogP contribution in [0.5, 0.6) is 0 Å². The molecule has 0 saturated carbocycles. The molecule has 2 aromatic rings. The smallest absolute Gasteiger partial charge is 0.253 e. The minimum Gasteiger partial charge on any atom is -0.383 e. The van der Waals surface area contributed by atoms with E-state index in [-0.39, 0.29) is 5.91 Å². The molecule has 0 saturated heterocycles. The van der Waals surface area contributed by atoms with E-state index < -0.39 is 0 Å². The molecule has 0 bridgehead atoms. The zero-order valence-corrected chi connectivity index (χ0v) is 12.2. The molecule has 6 heteroatoms. The summed E-state index contributed by atoms with van der Waals surface area (Å²) in [6.45, 7) is 3.49. The van der Waals surface area contributed by atoms with Crippen molar-refractivity contribution in [3.8, 4) is 0 Å². The molecular formula is C14H18N4OS. The van der Waals surface area contributed by atoms with Crippen LogP contribution < -0.4 is 10.6 Å². The van der Waals surface area contributed by atoms with Gasteiger partial charge in [-0.3, -0.25) is 9.78 Å². The Morgan fingerprint density at radius 3 is 3.00 bits per heavy atom. The molecule has 2 rings (SSSR count). The number of hydrogen-bond donors (Lipinski definition) is 2. The quantitative estimate of drug-likeness (QED) is 0.821. The summed E-state index contributed by atoms with van der Waals surface area (Å²) in [4.78, 5) is 20.4. The minimum absolute atomic E-state index is 0.0810. The zero-order chi connectivity index (χ0) is 14.2. The van der Waals surface area contributed by atoms with Crippen LogP contribution in [0.1, 0.15) is 28.7 Å². The number of nitrogens with zero attached hydrogens (tertiary/aromatic N) is 2. The maximum absolute atomic E-state index is 12.2. The second kappa shape index (κ2) is 7.59. The molecule has 0 aromatic carbocycles. The van der Waals surface area contributed by atoms with Crippen LogP contribution in [-0.4, -0.2) is 29.0 Å². The van der Waals surface area contributed by atoms with E-state index in [2.05, 4.69) is 27.5 Å². The van der Waals surface area contributed by atoms with Crippen molar-refractivity contribution >= 4 is 22.9 Å². The van der Waals surface area contributed by atoms with Crippen molar-refractivity contribution in [2.75, 3.05) is 18.4 Å². The van der Waals surface area contributed by atoms with Crippen molar-refractivity contribution in [2.24, 2.45) is 0 Å². The van der Waals surface area contributed by atoms with Crippen molar-refractivity contribution in [1.29, 1.82) is 0 Å². The van der Waals surface area contributed by atoms with Crippen molar-refractivity contribution in [1.82, 2.24) is 15.3 Å². The van der Waals surface area contributed by atoms with Crippen molar-refractivity contribution in [3.63, 3.8) is 0 Å². The number of amides is 1. The summed E-state index contributed by atoms with van der Waals surface area (Å²) >= 11 is 1.60. The normalized spacial score (nSPS) is 10.2. The van der Waals surface area contributed by atoms with Gasteiger partial charge in [-0.25, -0.2) is 4.98 Å². The topological polar surface area (TPSA) is 66.9 Å². The van der Waals surface area contributed by atoms with Gasteiger partial charge in [-0.2, -0.15) is 0 Å². The Kier molecular flexibility index (Phi) is 5.49. The maximum atomic E-state index is 12.2. The monoisotopic (exact) mass is 290 g/mol. The maximum Gasteiger partial charge on any atom is 0.253 e. The van der Waals surface area contributed by atoms with Crippen LogP contribution in [0.25, 0.3) is 0 Å². The number of thiazole rings is 1. The van der Waals surface area contributed by atoms with Crippen LogP contribution in [0.4, 0.5) is 5.69 Å². The van der Waals surface area contributed by atoms with Crippen LogP contribution in [-0.2, 0) is 6.42 Å². The van der Waals surface area contributed by atoms with E-state index in [1.165, 1.54) is 0 Å². The van der Waals surface area contributed by atoms with Crippen LogP contribution in [0.3, 0.4) is 0 Å². The highest BCUT2D eigenvalue weighted by molar-refractivity contribution is 7.09. The molecule has 0 radical (unpaired) electrons. The lowest BCUT2D eigenvalue weighted by Crippen LogP contribution is -2.26. The van der Waals surface area contributed by atoms with E-state index in [0.717, 1.165) is 30.1 Å². The van der Waals surface area contributed by atoms with Crippen molar-refractivity contribution in [3.05, 3.63) is 40.6 Å². The summed E-state index contributed by atoms with van der Waals surface area (Å²) < 4.78 is 0. The molecule has 2 heterocycles. The van der Waals surface area contributed by atoms with E-state index in [0.29, 0.717) is 12.1 Å². The molecule has 2 aromatic heterocycles. The molecule has 0 spiro atoms. The molecule has 0 aliphatic rings. The number of pyridine rings is 1. The Labute approximate surface area is 122 Å². The predicted molar refractivity (Wildman–Crippen MR) is 81.2 cm³/mol. The van der Waals surface area contributed by atoms with Gasteiger partial charge in [-0.15, -0.1) is 11.3 Å². The van der Waals surface area contributed by atoms with Crippen molar-refractivity contribution < 1.29 is 4.79 Å². The Bertz CT molecular complexity index is 542. The number of anilines is 1. The molecule has 0 aliphatic carbocycles. The van der Waals surface area contributed by atoms with E-state index in [1.54, 1.807) is 36.0 Å². The standard InChI is InChI=1S/C14H18N4OS/c1-2-5-16-12-10-15-6-3-11(12)14(19)18-7-4-13-17-8-9-20-13/h3,6,8-10,16H,2,4-5,7H2,1H3,(H,18,19). The Morgan fingerprint density at radius 2 is 2.25 bits per heavy atom. The van der Waals surface area contributed by atoms with Crippen LogP contribution in [0.2, 0.25) is 0 Å². The Balaban J connectivity index is 1.91. The molecule has 0 atom stereocenters. The first-order valence-corrected chi connectivity index (χ1v) is 7.53. The number of hydrogen-bond acceptors (Lipinski definition) is 5. The molecule has 2 N–H and O–H groups in total. The van der Waals surface area contributed by atoms with E-state index in [4.69, 9.17) is 0 Å². The average Bonchev–Trinajstić information content (AvgIpc) is 2.98. The molecule has 0 fully saturated rings. The first-order chi connectivity index (χ1) is 9.81. The second-order valence-corrected chi connectivity index (χ2v) is 5.26. The molecule has 106 valence electrons. The minimum atomic E-state index is -0.0810. The van der Waals surface area contributed by atoms with E-state index in [9.17, 15) is 4.79 Å². The fraction of sp³-hybridized carbons (Fsp3) is 0.357. The summed E-state index contributed by atoms with van der Waals surface area (Å²) in [7, 11) is 0. The van der Waals surface area contributed by atoms with Gasteiger partial charge in [-0.05, 0) is 12.5 Å². The molecule has 5 nitrogen and oxygen atoms in total. The van der Waals surface area contributed by atoms with Gasteiger partial charge in [0, 0.05) is 37.3 Å². The number of carbonyl (C=O) groups excluding carboxylic acids is 1. The molecular weight excluding hydrogens is 272 g/mol. The summed E-state index contributed by atoms with van der Waals surface area (Å²) in [6.07, 6.45) is 6.85. The third-order valence-corrected chi connectivity index (χ3v) is 3.58. The lowest BCUT2D eigenvalue weighted by Gasteiger charge is -2.10. The van der Waals surface area contributed by atoms with E-state index >= 15 is 0 Å². The predicted octanol–water partition coefficient (Wildman–Crippen LogP) is 2.33. The number of carbonyl (C=O) groups is 1. The number of rotatable bonds is 7. The molecule has 0 unspecified atom stereocenters. The van der Waals surface area contributed by atoms with E-state index in [1.807, 2.05) is 5.38 Å². The Morgan fingerprint density at radius 1 is 1.35 bits per heavy atom.